The van der Waals surface area contributed by atoms with Crippen LogP contribution in [0.15, 0.2) is 39.8 Å². The molecule has 26 heavy (non-hydrogen) atoms. The van der Waals surface area contributed by atoms with Crippen LogP contribution in [0.4, 0.5) is 13.2 Å². The minimum absolute atomic E-state index is 0. The van der Waals surface area contributed by atoms with Gasteiger partial charge in [-0.15, -0.1) is 24.0 Å². The molecule has 9 heteroatoms. The van der Waals surface area contributed by atoms with E-state index in [0.29, 0.717) is 24.8 Å². The Labute approximate surface area is 167 Å². The summed E-state index contributed by atoms with van der Waals surface area (Å²) in [5, 5.41) is 10.1. The highest BCUT2D eigenvalue weighted by Gasteiger charge is 2.29. The fraction of sp³-hybridized carbons (Fsp3) is 0.412. The number of alkyl halides is 3. The number of halogens is 4. The van der Waals surface area contributed by atoms with E-state index in [1.165, 1.54) is 12.1 Å². The summed E-state index contributed by atoms with van der Waals surface area (Å²) >= 11 is 0. The molecule has 0 saturated carbocycles. The number of benzene rings is 1. The molecule has 144 valence electrons. The second kappa shape index (κ2) is 9.79. The van der Waals surface area contributed by atoms with Crippen LogP contribution in [0.3, 0.4) is 0 Å². The van der Waals surface area contributed by atoms with Crippen LogP contribution in [-0.4, -0.2) is 18.2 Å². The molecule has 0 radical (unpaired) electrons. The van der Waals surface area contributed by atoms with Gasteiger partial charge >= 0.3 is 6.18 Å². The fourth-order valence-electron chi connectivity index (χ4n) is 2.07. The highest BCUT2D eigenvalue weighted by atomic mass is 127. The molecule has 0 spiro atoms. The van der Waals surface area contributed by atoms with E-state index in [9.17, 15) is 13.2 Å². The molecule has 2 N–H and O–H groups in total. The molecule has 0 amide bonds. The molecule has 5 nitrogen and oxygen atoms in total. The third kappa shape index (κ3) is 6.50. The summed E-state index contributed by atoms with van der Waals surface area (Å²) < 4.78 is 42.9. The minimum Gasteiger partial charge on any atom is -0.359 e. The minimum atomic E-state index is -4.32. The van der Waals surface area contributed by atoms with Gasteiger partial charge in [0.05, 0.1) is 17.8 Å². The van der Waals surface area contributed by atoms with Crippen LogP contribution in [0, 0.1) is 0 Å². The van der Waals surface area contributed by atoms with Crippen molar-refractivity contribution in [3.05, 3.63) is 52.9 Å². The summed E-state index contributed by atoms with van der Waals surface area (Å²) in [5.41, 5.74) is 0.937. The number of nitrogens with zero attached hydrogens (tertiary/aromatic N) is 2. The molecule has 0 saturated heterocycles. The van der Waals surface area contributed by atoms with E-state index < -0.39 is 11.7 Å². The zero-order chi connectivity index (χ0) is 18.4. The van der Waals surface area contributed by atoms with Crippen LogP contribution in [0.25, 0.3) is 0 Å². The number of hydrogen-bond donors (Lipinski definition) is 2. The highest BCUT2D eigenvalue weighted by molar-refractivity contribution is 14.0. The van der Waals surface area contributed by atoms with Crippen molar-refractivity contribution in [3.63, 3.8) is 0 Å². The maximum absolute atomic E-state index is 12.5. The number of hydrogen-bond acceptors (Lipinski definition) is 3. The molecule has 1 aromatic heterocycles. The van der Waals surface area contributed by atoms with Crippen molar-refractivity contribution in [2.45, 2.75) is 39.0 Å². The number of aromatic nitrogens is 1. The molecule has 0 atom stereocenters. The van der Waals surface area contributed by atoms with E-state index in [-0.39, 0.29) is 29.9 Å². The lowest BCUT2D eigenvalue weighted by Gasteiger charge is -2.11. The lowest BCUT2D eigenvalue weighted by Crippen LogP contribution is -2.36. The van der Waals surface area contributed by atoms with Crippen molar-refractivity contribution < 1.29 is 17.7 Å². The Hall–Kier alpha value is -1.78. The smallest absolute Gasteiger partial charge is 0.359 e. The quantitative estimate of drug-likeness (QED) is 0.379. The summed E-state index contributed by atoms with van der Waals surface area (Å²) in [6, 6.07) is 6.88. The summed E-state index contributed by atoms with van der Waals surface area (Å²) in [6.45, 7) is 4.82. The Bertz CT molecular complexity index is 712. The molecule has 0 unspecified atom stereocenters. The molecule has 1 heterocycles. The van der Waals surface area contributed by atoms with Crippen molar-refractivity contribution in [3.8, 4) is 0 Å². The molecule has 0 aliphatic rings. The van der Waals surface area contributed by atoms with Gasteiger partial charge in [0.1, 0.15) is 0 Å². The Morgan fingerprint density at radius 3 is 2.27 bits per heavy atom. The largest absolute Gasteiger partial charge is 0.416 e. The summed E-state index contributed by atoms with van der Waals surface area (Å²) in [4.78, 5) is 4.07. The molecular formula is C17H22F3IN4O. The van der Waals surface area contributed by atoms with Gasteiger partial charge < -0.3 is 15.2 Å². The van der Waals surface area contributed by atoms with Crippen molar-refractivity contribution >= 4 is 29.9 Å². The van der Waals surface area contributed by atoms with E-state index in [2.05, 4.69) is 20.8 Å². The molecule has 2 aromatic rings. The zero-order valence-electron chi connectivity index (χ0n) is 14.7. The van der Waals surface area contributed by atoms with Crippen LogP contribution in [0.1, 0.15) is 42.3 Å². The second-order valence-electron chi connectivity index (χ2n) is 5.85. The van der Waals surface area contributed by atoms with Gasteiger partial charge in [-0.2, -0.15) is 13.2 Å². The Kier molecular flexibility index (Phi) is 8.38. The first kappa shape index (κ1) is 22.3. The van der Waals surface area contributed by atoms with Crippen molar-refractivity contribution in [1.82, 2.24) is 15.8 Å². The average molecular weight is 482 g/mol. The summed E-state index contributed by atoms with van der Waals surface area (Å²) in [7, 11) is 1.61. The first-order chi connectivity index (χ1) is 11.8. The van der Waals surface area contributed by atoms with Gasteiger partial charge in [0.2, 0.25) is 0 Å². The predicted octanol–water partition coefficient (Wildman–Crippen LogP) is 4.30. The monoisotopic (exact) mass is 482 g/mol. The van der Waals surface area contributed by atoms with E-state index in [4.69, 9.17) is 4.52 Å². The first-order valence-electron chi connectivity index (χ1n) is 7.85. The molecule has 1 aromatic carbocycles. The predicted molar refractivity (Wildman–Crippen MR) is 104 cm³/mol. The van der Waals surface area contributed by atoms with Gasteiger partial charge in [0, 0.05) is 19.7 Å². The SMILES string of the molecule is CN=C(NCc1ccc(C(F)(F)F)cc1)NCc1cc(C(C)C)no1.I. The van der Waals surface area contributed by atoms with Crippen LogP contribution in [0.5, 0.6) is 0 Å². The van der Waals surface area contributed by atoms with Crippen molar-refractivity contribution in [2.75, 3.05) is 7.05 Å². The van der Waals surface area contributed by atoms with Crippen LogP contribution >= 0.6 is 24.0 Å². The van der Waals surface area contributed by atoms with Gasteiger partial charge in [-0.25, -0.2) is 0 Å². The molecule has 0 aliphatic heterocycles. The lowest BCUT2D eigenvalue weighted by atomic mass is 10.1. The third-order valence-electron chi connectivity index (χ3n) is 3.56. The zero-order valence-corrected chi connectivity index (χ0v) is 17.1. The third-order valence-corrected chi connectivity index (χ3v) is 3.56. The van der Waals surface area contributed by atoms with Gasteiger partial charge in [-0.05, 0) is 23.6 Å². The van der Waals surface area contributed by atoms with Gasteiger partial charge in [-0.3, -0.25) is 4.99 Å². The average Bonchev–Trinajstić information content (AvgIpc) is 3.04. The van der Waals surface area contributed by atoms with E-state index in [1.54, 1.807) is 7.05 Å². The summed E-state index contributed by atoms with van der Waals surface area (Å²) in [6.07, 6.45) is -4.32. The van der Waals surface area contributed by atoms with Crippen molar-refractivity contribution in [1.29, 1.82) is 0 Å². The van der Waals surface area contributed by atoms with Crippen LogP contribution in [-0.2, 0) is 19.3 Å². The number of nitrogens with one attached hydrogen (secondary N) is 2. The standard InChI is InChI=1S/C17H21F3N4O.HI/c1-11(2)15-8-14(25-24-15)10-23-16(21-3)22-9-12-4-6-13(7-5-12)17(18,19)20;/h4-8,11H,9-10H2,1-3H3,(H2,21,22,23);1H. The van der Waals surface area contributed by atoms with E-state index >= 15 is 0 Å². The van der Waals surface area contributed by atoms with Crippen LogP contribution < -0.4 is 10.6 Å². The van der Waals surface area contributed by atoms with Crippen LogP contribution in [0.2, 0.25) is 0 Å². The van der Waals surface area contributed by atoms with E-state index in [0.717, 1.165) is 23.4 Å². The summed E-state index contributed by atoms with van der Waals surface area (Å²) in [5.74, 6) is 1.48. The van der Waals surface area contributed by atoms with Gasteiger partial charge in [0.25, 0.3) is 0 Å². The molecule has 0 fully saturated rings. The van der Waals surface area contributed by atoms with Gasteiger partial charge in [-0.1, -0.05) is 31.1 Å². The maximum Gasteiger partial charge on any atom is 0.416 e. The van der Waals surface area contributed by atoms with E-state index in [1.807, 2.05) is 19.9 Å². The number of guanidine groups is 1. The lowest BCUT2D eigenvalue weighted by molar-refractivity contribution is -0.137. The maximum atomic E-state index is 12.5. The van der Waals surface area contributed by atoms with Crippen molar-refractivity contribution in [2.24, 2.45) is 4.99 Å². The Morgan fingerprint density at radius 1 is 1.15 bits per heavy atom. The Morgan fingerprint density at radius 2 is 1.77 bits per heavy atom. The number of aliphatic imine (C=N–C) groups is 1. The number of rotatable bonds is 5. The molecule has 0 aliphatic carbocycles. The normalized spacial score (nSPS) is 12.0. The first-order valence-corrected chi connectivity index (χ1v) is 7.85. The molecule has 0 bridgehead atoms. The fourth-order valence-corrected chi connectivity index (χ4v) is 2.07. The Balaban J connectivity index is 0.00000338. The molecular weight excluding hydrogens is 460 g/mol. The second-order valence-corrected chi connectivity index (χ2v) is 5.85. The topological polar surface area (TPSA) is 62.5 Å². The highest BCUT2D eigenvalue weighted by Crippen LogP contribution is 2.29. The molecule has 2 rings (SSSR count). The van der Waals surface area contributed by atoms with Gasteiger partial charge in [0.15, 0.2) is 11.7 Å².